The second kappa shape index (κ2) is 7.58. The molecule has 1 aliphatic heterocycles. The van der Waals surface area contributed by atoms with Crippen LogP contribution in [-0.4, -0.2) is 32.4 Å². The number of nitrogens with zero attached hydrogens (tertiary/aromatic N) is 1. The van der Waals surface area contributed by atoms with Crippen LogP contribution < -0.4 is 14.4 Å². The molecule has 128 valence electrons. The van der Waals surface area contributed by atoms with Crippen molar-refractivity contribution in [2.75, 3.05) is 32.2 Å². The standard InChI is InChI=1S/C20H25NO3/c1-23-16-9-10-17(20(14-16)24-2)19(22)11-13-21-12-5-7-15-6-3-4-8-18(15)21/h3-4,6,8-10,14,19,22H,5,7,11-13H2,1-2H3. The molecule has 0 amide bonds. The van der Waals surface area contributed by atoms with E-state index in [1.807, 2.05) is 18.2 Å². The highest BCUT2D eigenvalue weighted by Crippen LogP contribution is 2.32. The molecule has 0 fully saturated rings. The van der Waals surface area contributed by atoms with Gasteiger partial charge in [-0.25, -0.2) is 0 Å². The van der Waals surface area contributed by atoms with Gasteiger partial charge in [0, 0.05) is 30.4 Å². The molecular formula is C20H25NO3. The number of para-hydroxylation sites is 1. The van der Waals surface area contributed by atoms with E-state index in [0.717, 1.165) is 30.8 Å². The van der Waals surface area contributed by atoms with E-state index in [1.54, 1.807) is 14.2 Å². The van der Waals surface area contributed by atoms with Gasteiger partial charge in [-0.3, -0.25) is 0 Å². The molecule has 1 atom stereocenters. The lowest BCUT2D eigenvalue weighted by molar-refractivity contribution is 0.165. The SMILES string of the molecule is COc1ccc(C(O)CCN2CCCc3ccccc32)c(OC)c1. The second-order valence-corrected chi connectivity index (χ2v) is 6.13. The molecule has 4 nitrogen and oxygen atoms in total. The first-order chi connectivity index (χ1) is 11.7. The fourth-order valence-electron chi connectivity index (χ4n) is 3.37. The Hall–Kier alpha value is -2.20. The van der Waals surface area contributed by atoms with Gasteiger partial charge in [-0.1, -0.05) is 18.2 Å². The summed E-state index contributed by atoms with van der Waals surface area (Å²) in [6.45, 7) is 1.87. The predicted octanol–water partition coefficient (Wildman–Crippen LogP) is 3.58. The lowest BCUT2D eigenvalue weighted by Crippen LogP contribution is -2.31. The van der Waals surface area contributed by atoms with Crippen molar-refractivity contribution in [2.45, 2.75) is 25.4 Å². The number of benzene rings is 2. The lowest BCUT2D eigenvalue weighted by atomic mass is 10.00. The van der Waals surface area contributed by atoms with Crippen molar-refractivity contribution in [3.8, 4) is 11.5 Å². The molecule has 24 heavy (non-hydrogen) atoms. The molecular weight excluding hydrogens is 302 g/mol. The molecule has 1 heterocycles. The van der Waals surface area contributed by atoms with Gasteiger partial charge >= 0.3 is 0 Å². The molecule has 0 radical (unpaired) electrons. The Balaban J connectivity index is 1.69. The first-order valence-corrected chi connectivity index (χ1v) is 8.45. The maximum absolute atomic E-state index is 10.6. The zero-order valence-electron chi connectivity index (χ0n) is 14.4. The monoisotopic (exact) mass is 327 g/mol. The van der Waals surface area contributed by atoms with Crippen molar-refractivity contribution in [1.29, 1.82) is 0 Å². The Kier molecular flexibility index (Phi) is 5.26. The Morgan fingerprint density at radius 2 is 1.96 bits per heavy atom. The smallest absolute Gasteiger partial charge is 0.128 e. The molecule has 1 N–H and O–H groups in total. The average molecular weight is 327 g/mol. The van der Waals surface area contributed by atoms with Crippen LogP contribution in [0.5, 0.6) is 11.5 Å². The molecule has 2 aromatic rings. The largest absolute Gasteiger partial charge is 0.497 e. The van der Waals surface area contributed by atoms with Crippen LogP contribution in [0.2, 0.25) is 0 Å². The van der Waals surface area contributed by atoms with Gasteiger partial charge in [-0.15, -0.1) is 0 Å². The summed E-state index contributed by atoms with van der Waals surface area (Å²) in [4.78, 5) is 2.37. The number of ether oxygens (including phenoxy) is 2. The molecule has 0 aromatic heterocycles. The molecule has 2 aromatic carbocycles. The molecule has 3 rings (SSSR count). The maximum Gasteiger partial charge on any atom is 0.128 e. The van der Waals surface area contributed by atoms with Gasteiger partial charge in [0.2, 0.25) is 0 Å². The highest BCUT2D eigenvalue weighted by atomic mass is 16.5. The van der Waals surface area contributed by atoms with Gasteiger partial charge in [-0.05, 0) is 43.0 Å². The number of fused-ring (bicyclic) bond motifs is 1. The number of aryl methyl sites for hydroxylation is 1. The van der Waals surface area contributed by atoms with Crippen LogP contribution in [0.25, 0.3) is 0 Å². The van der Waals surface area contributed by atoms with Gasteiger partial charge in [0.05, 0.1) is 20.3 Å². The highest BCUT2D eigenvalue weighted by molar-refractivity contribution is 5.55. The summed E-state index contributed by atoms with van der Waals surface area (Å²) in [5.41, 5.74) is 3.52. The van der Waals surface area contributed by atoms with Gasteiger partial charge in [0.15, 0.2) is 0 Å². The summed E-state index contributed by atoms with van der Waals surface area (Å²) < 4.78 is 10.6. The fourth-order valence-corrected chi connectivity index (χ4v) is 3.37. The Labute approximate surface area is 143 Å². The molecule has 1 unspecified atom stereocenters. The summed E-state index contributed by atoms with van der Waals surface area (Å²) >= 11 is 0. The van der Waals surface area contributed by atoms with Crippen molar-refractivity contribution in [1.82, 2.24) is 0 Å². The number of hydrogen-bond donors (Lipinski definition) is 1. The van der Waals surface area contributed by atoms with Crippen LogP contribution in [0.1, 0.15) is 30.1 Å². The number of rotatable bonds is 6. The Morgan fingerprint density at radius 3 is 2.75 bits per heavy atom. The number of aliphatic hydroxyl groups is 1. The van der Waals surface area contributed by atoms with Gasteiger partial charge in [0.1, 0.15) is 11.5 Å². The lowest BCUT2D eigenvalue weighted by Gasteiger charge is -2.32. The fraction of sp³-hybridized carbons (Fsp3) is 0.400. The van der Waals surface area contributed by atoms with Crippen LogP contribution in [0.4, 0.5) is 5.69 Å². The van der Waals surface area contributed by atoms with Crippen molar-refractivity contribution in [3.05, 3.63) is 53.6 Å². The van der Waals surface area contributed by atoms with E-state index in [1.165, 1.54) is 17.7 Å². The van der Waals surface area contributed by atoms with Gasteiger partial charge in [-0.2, -0.15) is 0 Å². The Bertz CT molecular complexity index is 686. The highest BCUT2D eigenvalue weighted by Gasteiger charge is 2.19. The van der Waals surface area contributed by atoms with Crippen molar-refractivity contribution < 1.29 is 14.6 Å². The summed E-state index contributed by atoms with van der Waals surface area (Å²) in [7, 11) is 3.24. The summed E-state index contributed by atoms with van der Waals surface area (Å²) in [5, 5.41) is 10.6. The predicted molar refractivity (Wildman–Crippen MR) is 96.1 cm³/mol. The number of hydrogen-bond acceptors (Lipinski definition) is 4. The molecule has 4 heteroatoms. The average Bonchev–Trinajstić information content (AvgIpc) is 2.65. The van der Waals surface area contributed by atoms with E-state index in [0.29, 0.717) is 12.2 Å². The zero-order chi connectivity index (χ0) is 16.9. The topological polar surface area (TPSA) is 41.9 Å². The van der Waals surface area contributed by atoms with Crippen molar-refractivity contribution in [3.63, 3.8) is 0 Å². The number of methoxy groups -OCH3 is 2. The second-order valence-electron chi connectivity index (χ2n) is 6.13. The zero-order valence-corrected chi connectivity index (χ0v) is 14.4. The third-order valence-electron chi connectivity index (χ3n) is 4.68. The van der Waals surface area contributed by atoms with Crippen LogP contribution in [0, 0.1) is 0 Å². The molecule has 0 bridgehead atoms. The van der Waals surface area contributed by atoms with E-state index >= 15 is 0 Å². The molecule has 1 aliphatic rings. The van der Waals surface area contributed by atoms with E-state index in [4.69, 9.17) is 9.47 Å². The van der Waals surface area contributed by atoms with Crippen molar-refractivity contribution >= 4 is 5.69 Å². The third kappa shape index (κ3) is 3.49. The van der Waals surface area contributed by atoms with Crippen LogP contribution >= 0.6 is 0 Å². The van der Waals surface area contributed by atoms with Gasteiger partial charge < -0.3 is 19.5 Å². The molecule has 0 saturated heterocycles. The summed E-state index contributed by atoms with van der Waals surface area (Å²) in [5.74, 6) is 1.40. The quantitative estimate of drug-likeness (QED) is 0.880. The Morgan fingerprint density at radius 1 is 1.12 bits per heavy atom. The molecule has 0 aliphatic carbocycles. The summed E-state index contributed by atoms with van der Waals surface area (Å²) in [6, 6.07) is 14.1. The van der Waals surface area contributed by atoms with Crippen LogP contribution in [-0.2, 0) is 6.42 Å². The number of anilines is 1. The van der Waals surface area contributed by atoms with E-state index in [-0.39, 0.29) is 0 Å². The summed E-state index contributed by atoms with van der Waals surface area (Å²) in [6.07, 6.45) is 2.41. The maximum atomic E-state index is 10.6. The minimum atomic E-state index is -0.556. The number of aliphatic hydroxyl groups excluding tert-OH is 1. The minimum absolute atomic E-state index is 0.556. The first-order valence-electron chi connectivity index (χ1n) is 8.45. The van der Waals surface area contributed by atoms with Crippen molar-refractivity contribution in [2.24, 2.45) is 0 Å². The molecule has 0 spiro atoms. The van der Waals surface area contributed by atoms with Crippen LogP contribution in [0.15, 0.2) is 42.5 Å². The van der Waals surface area contributed by atoms with Gasteiger partial charge in [0.25, 0.3) is 0 Å². The molecule has 0 saturated carbocycles. The minimum Gasteiger partial charge on any atom is -0.497 e. The first kappa shape index (κ1) is 16.7. The van der Waals surface area contributed by atoms with E-state index in [2.05, 4.69) is 29.2 Å². The van der Waals surface area contributed by atoms with E-state index in [9.17, 15) is 5.11 Å². The normalized spacial score (nSPS) is 14.9. The van der Waals surface area contributed by atoms with E-state index < -0.39 is 6.10 Å². The van der Waals surface area contributed by atoms with Crippen LogP contribution in [0.3, 0.4) is 0 Å². The third-order valence-corrected chi connectivity index (χ3v) is 4.68.